The van der Waals surface area contributed by atoms with Crippen molar-refractivity contribution in [3.8, 4) is 5.95 Å². The SMILES string of the molecule is COC(=O)Cc1cc(=O)[nH]c(-n2nc(C)cc2C)n1. The fraction of sp³-hybridized carbons (Fsp3) is 0.333. The quantitative estimate of drug-likeness (QED) is 0.803. The Labute approximate surface area is 109 Å². The zero-order valence-electron chi connectivity index (χ0n) is 10.9. The number of carbonyl (C=O) groups excluding carboxylic acids is 1. The maximum atomic E-state index is 11.6. The third-order valence-electron chi connectivity index (χ3n) is 2.55. The van der Waals surface area contributed by atoms with Gasteiger partial charge >= 0.3 is 5.97 Å². The summed E-state index contributed by atoms with van der Waals surface area (Å²) < 4.78 is 6.08. The topological polar surface area (TPSA) is 89.9 Å². The summed E-state index contributed by atoms with van der Waals surface area (Å²) in [6, 6.07) is 3.14. The van der Waals surface area contributed by atoms with Crippen LogP contribution in [0.1, 0.15) is 17.1 Å². The summed E-state index contributed by atoms with van der Waals surface area (Å²) in [6.45, 7) is 3.70. The second-order valence-electron chi connectivity index (χ2n) is 4.15. The van der Waals surface area contributed by atoms with Crippen LogP contribution in [0.4, 0.5) is 0 Å². The highest BCUT2D eigenvalue weighted by Crippen LogP contribution is 2.07. The number of methoxy groups -OCH3 is 1. The van der Waals surface area contributed by atoms with Crippen LogP contribution in [0.2, 0.25) is 0 Å². The zero-order chi connectivity index (χ0) is 14.0. The molecule has 2 aromatic heterocycles. The van der Waals surface area contributed by atoms with E-state index in [0.717, 1.165) is 11.4 Å². The highest BCUT2D eigenvalue weighted by Gasteiger charge is 2.10. The van der Waals surface area contributed by atoms with E-state index >= 15 is 0 Å². The molecule has 0 saturated heterocycles. The van der Waals surface area contributed by atoms with Crippen LogP contribution in [0.3, 0.4) is 0 Å². The molecule has 100 valence electrons. The van der Waals surface area contributed by atoms with Crippen molar-refractivity contribution in [1.29, 1.82) is 0 Å². The third kappa shape index (κ3) is 2.87. The number of H-pyrrole nitrogens is 1. The van der Waals surface area contributed by atoms with Gasteiger partial charge in [-0.25, -0.2) is 9.67 Å². The van der Waals surface area contributed by atoms with Crippen molar-refractivity contribution < 1.29 is 9.53 Å². The lowest BCUT2D eigenvalue weighted by molar-refractivity contribution is -0.139. The standard InChI is InChI=1S/C12H14N4O3/c1-7-4-8(2)16(15-7)12-13-9(5-10(17)14-12)6-11(18)19-3/h4-5H,6H2,1-3H3,(H,13,14,17). The predicted octanol–water partition coefficient (Wildman–Crippen LogP) is 0.288. The van der Waals surface area contributed by atoms with Crippen LogP contribution in [-0.2, 0) is 16.0 Å². The summed E-state index contributed by atoms with van der Waals surface area (Å²) in [5.74, 6) is -0.158. The molecule has 0 aromatic carbocycles. The number of esters is 1. The molecule has 0 unspecified atom stereocenters. The molecule has 0 aliphatic carbocycles. The average molecular weight is 262 g/mol. The minimum Gasteiger partial charge on any atom is -0.469 e. The van der Waals surface area contributed by atoms with E-state index in [1.165, 1.54) is 17.9 Å². The predicted molar refractivity (Wildman–Crippen MR) is 67.2 cm³/mol. The maximum absolute atomic E-state index is 11.6. The number of aromatic nitrogens is 4. The van der Waals surface area contributed by atoms with Gasteiger partial charge in [-0.3, -0.25) is 14.6 Å². The molecule has 2 aromatic rings. The number of carbonyl (C=O) groups is 1. The number of nitrogens with one attached hydrogen (secondary N) is 1. The number of hydrogen-bond donors (Lipinski definition) is 1. The molecule has 2 heterocycles. The van der Waals surface area contributed by atoms with Gasteiger partial charge in [0.25, 0.3) is 5.56 Å². The molecule has 2 rings (SSSR count). The summed E-state index contributed by atoms with van der Waals surface area (Å²) >= 11 is 0. The van der Waals surface area contributed by atoms with Gasteiger partial charge in [0.2, 0.25) is 5.95 Å². The minimum absolute atomic E-state index is 0.0489. The largest absolute Gasteiger partial charge is 0.469 e. The molecule has 1 N–H and O–H groups in total. The van der Waals surface area contributed by atoms with Crippen LogP contribution < -0.4 is 5.56 Å². The number of nitrogens with zero attached hydrogens (tertiary/aromatic N) is 3. The molecule has 19 heavy (non-hydrogen) atoms. The molecule has 0 aliphatic heterocycles. The van der Waals surface area contributed by atoms with Crippen LogP contribution in [0.5, 0.6) is 0 Å². The highest BCUT2D eigenvalue weighted by atomic mass is 16.5. The van der Waals surface area contributed by atoms with E-state index < -0.39 is 5.97 Å². The van der Waals surface area contributed by atoms with Crippen molar-refractivity contribution in [1.82, 2.24) is 19.7 Å². The second kappa shape index (κ2) is 5.05. The Morgan fingerprint density at radius 2 is 2.16 bits per heavy atom. The molecule has 0 spiro atoms. The molecule has 0 aliphatic rings. The third-order valence-corrected chi connectivity index (χ3v) is 2.55. The van der Waals surface area contributed by atoms with Crippen LogP contribution in [0, 0.1) is 13.8 Å². The van der Waals surface area contributed by atoms with Crippen LogP contribution in [-0.4, -0.2) is 32.8 Å². The van der Waals surface area contributed by atoms with Gasteiger partial charge in [0, 0.05) is 11.8 Å². The van der Waals surface area contributed by atoms with Crippen molar-refractivity contribution in [2.75, 3.05) is 7.11 Å². The molecular weight excluding hydrogens is 248 g/mol. The molecule has 0 saturated carbocycles. The van der Waals surface area contributed by atoms with Crippen molar-refractivity contribution in [2.45, 2.75) is 20.3 Å². The Balaban J connectivity index is 2.44. The minimum atomic E-state index is -0.447. The lowest BCUT2D eigenvalue weighted by Crippen LogP contribution is -2.18. The number of aryl methyl sites for hydroxylation is 2. The Morgan fingerprint density at radius 3 is 2.74 bits per heavy atom. The van der Waals surface area contributed by atoms with Gasteiger partial charge in [-0.1, -0.05) is 0 Å². The molecule has 0 amide bonds. The monoisotopic (exact) mass is 262 g/mol. The highest BCUT2D eigenvalue weighted by molar-refractivity contribution is 5.71. The van der Waals surface area contributed by atoms with Gasteiger partial charge in [0.1, 0.15) is 0 Å². The Bertz CT molecular complexity index is 672. The molecule has 0 bridgehead atoms. The number of aromatic amines is 1. The van der Waals surface area contributed by atoms with Crippen molar-refractivity contribution >= 4 is 5.97 Å². The summed E-state index contributed by atoms with van der Waals surface area (Å²) in [5.41, 5.74) is 1.67. The van der Waals surface area contributed by atoms with E-state index in [9.17, 15) is 9.59 Å². The number of rotatable bonds is 3. The summed E-state index contributed by atoms with van der Waals surface area (Å²) in [4.78, 5) is 29.6. The Morgan fingerprint density at radius 1 is 1.42 bits per heavy atom. The summed E-state index contributed by atoms with van der Waals surface area (Å²) in [6.07, 6.45) is -0.0489. The summed E-state index contributed by atoms with van der Waals surface area (Å²) in [5, 5.41) is 4.23. The average Bonchev–Trinajstić information content (AvgIpc) is 2.67. The fourth-order valence-corrected chi connectivity index (χ4v) is 1.75. The van der Waals surface area contributed by atoms with Gasteiger partial charge in [-0.05, 0) is 19.9 Å². The molecule has 0 atom stereocenters. The number of hydrogen-bond acceptors (Lipinski definition) is 5. The lowest BCUT2D eigenvalue weighted by Gasteiger charge is -2.05. The molecule has 7 heteroatoms. The maximum Gasteiger partial charge on any atom is 0.311 e. The fourth-order valence-electron chi connectivity index (χ4n) is 1.75. The second-order valence-corrected chi connectivity index (χ2v) is 4.15. The van der Waals surface area contributed by atoms with Crippen LogP contribution in [0.15, 0.2) is 16.9 Å². The molecule has 7 nitrogen and oxygen atoms in total. The van der Waals surface area contributed by atoms with E-state index in [-0.39, 0.29) is 17.9 Å². The van der Waals surface area contributed by atoms with Crippen LogP contribution in [0.25, 0.3) is 5.95 Å². The van der Waals surface area contributed by atoms with E-state index in [4.69, 9.17) is 0 Å². The first kappa shape index (κ1) is 13.0. The van der Waals surface area contributed by atoms with Gasteiger partial charge < -0.3 is 4.74 Å². The van der Waals surface area contributed by atoms with Crippen LogP contribution >= 0.6 is 0 Å². The Hall–Kier alpha value is -2.44. The zero-order valence-corrected chi connectivity index (χ0v) is 10.9. The van der Waals surface area contributed by atoms with E-state index in [2.05, 4.69) is 19.8 Å². The molecule has 0 fully saturated rings. The molecular formula is C12H14N4O3. The van der Waals surface area contributed by atoms with Crippen molar-refractivity contribution in [3.05, 3.63) is 39.6 Å². The van der Waals surface area contributed by atoms with E-state index in [0.29, 0.717) is 5.69 Å². The first-order valence-electron chi connectivity index (χ1n) is 5.70. The first-order valence-corrected chi connectivity index (χ1v) is 5.70. The van der Waals surface area contributed by atoms with Gasteiger partial charge in [-0.2, -0.15) is 5.10 Å². The van der Waals surface area contributed by atoms with Gasteiger partial charge in [0.05, 0.1) is 24.9 Å². The summed E-state index contributed by atoms with van der Waals surface area (Å²) in [7, 11) is 1.29. The number of ether oxygens (including phenoxy) is 1. The Kier molecular flexibility index (Phi) is 3.46. The normalized spacial score (nSPS) is 10.5. The van der Waals surface area contributed by atoms with E-state index in [1.807, 2.05) is 19.9 Å². The van der Waals surface area contributed by atoms with Crippen molar-refractivity contribution in [2.24, 2.45) is 0 Å². The smallest absolute Gasteiger partial charge is 0.311 e. The lowest BCUT2D eigenvalue weighted by atomic mass is 10.3. The first-order chi connectivity index (χ1) is 8.99. The van der Waals surface area contributed by atoms with Gasteiger partial charge in [-0.15, -0.1) is 0 Å². The van der Waals surface area contributed by atoms with Crippen molar-refractivity contribution in [3.63, 3.8) is 0 Å². The van der Waals surface area contributed by atoms with Gasteiger partial charge in [0.15, 0.2) is 0 Å². The van der Waals surface area contributed by atoms with E-state index in [1.54, 1.807) is 0 Å². The molecule has 0 radical (unpaired) electrons.